The average molecular weight is 461 g/mol. The van der Waals surface area contributed by atoms with Gasteiger partial charge in [-0.3, -0.25) is 9.59 Å². The predicted molar refractivity (Wildman–Crippen MR) is 115 cm³/mol. The molecule has 0 saturated heterocycles. The van der Waals surface area contributed by atoms with E-state index in [1.54, 1.807) is 61.3 Å². The number of aliphatic carboxylic acids is 1. The van der Waals surface area contributed by atoms with Gasteiger partial charge in [-0.05, 0) is 42.3 Å². The van der Waals surface area contributed by atoms with Crippen molar-refractivity contribution in [3.63, 3.8) is 0 Å². The highest BCUT2D eigenvalue weighted by Gasteiger charge is 2.44. The molecule has 1 aliphatic rings. The highest BCUT2D eigenvalue weighted by molar-refractivity contribution is 7.89. The van der Waals surface area contributed by atoms with E-state index in [9.17, 15) is 23.1 Å². The van der Waals surface area contributed by atoms with Gasteiger partial charge in [0, 0.05) is 22.8 Å². The van der Waals surface area contributed by atoms with Gasteiger partial charge in [-0.1, -0.05) is 13.8 Å². The van der Waals surface area contributed by atoms with Crippen molar-refractivity contribution in [3.8, 4) is 5.69 Å². The summed E-state index contributed by atoms with van der Waals surface area (Å²) >= 11 is 1.13. The zero-order valence-corrected chi connectivity index (χ0v) is 18.4. The van der Waals surface area contributed by atoms with Crippen LogP contribution in [0.1, 0.15) is 29.1 Å². The fraction of sp³-hybridized carbons (Fsp3) is 0.250. The van der Waals surface area contributed by atoms with Crippen molar-refractivity contribution in [2.75, 3.05) is 5.32 Å². The van der Waals surface area contributed by atoms with Crippen molar-refractivity contribution >= 4 is 38.2 Å². The molecule has 162 valence electrons. The van der Waals surface area contributed by atoms with Gasteiger partial charge < -0.3 is 10.4 Å². The normalized spacial score (nSPS) is 16.2. The van der Waals surface area contributed by atoms with Crippen LogP contribution in [-0.2, 0) is 21.4 Å². The molecule has 4 rings (SSSR count). The van der Waals surface area contributed by atoms with E-state index in [4.69, 9.17) is 0 Å². The van der Waals surface area contributed by atoms with Gasteiger partial charge in [0.25, 0.3) is 5.91 Å². The molecule has 0 aliphatic carbocycles. The van der Waals surface area contributed by atoms with E-state index in [0.29, 0.717) is 15.4 Å². The van der Waals surface area contributed by atoms with Crippen molar-refractivity contribution in [2.24, 2.45) is 5.92 Å². The van der Waals surface area contributed by atoms with Crippen LogP contribution in [0, 0.1) is 5.92 Å². The number of hydrogen-bond acceptors (Lipinski definition) is 6. The zero-order valence-electron chi connectivity index (χ0n) is 16.7. The topological polar surface area (TPSA) is 122 Å². The Bertz CT molecular complexity index is 1230. The summed E-state index contributed by atoms with van der Waals surface area (Å²) in [6.07, 6.45) is 3.45. The van der Waals surface area contributed by atoms with Crippen LogP contribution in [-0.4, -0.2) is 45.5 Å². The molecule has 3 heterocycles. The Labute approximate surface area is 183 Å². The van der Waals surface area contributed by atoms with E-state index in [1.165, 1.54) is 6.07 Å². The van der Waals surface area contributed by atoms with Crippen molar-refractivity contribution < 1.29 is 23.1 Å². The van der Waals surface area contributed by atoms with E-state index < -0.39 is 22.0 Å². The molecule has 0 radical (unpaired) electrons. The summed E-state index contributed by atoms with van der Waals surface area (Å²) in [5.41, 5.74) is 1.22. The molecular weight excluding hydrogens is 440 g/mol. The first-order valence-electron chi connectivity index (χ1n) is 9.47. The molecule has 1 aromatic carbocycles. The quantitative estimate of drug-likeness (QED) is 0.583. The number of carbonyl (C=O) groups is 2. The number of sulfonamides is 1. The van der Waals surface area contributed by atoms with Crippen molar-refractivity contribution in [1.29, 1.82) is 0 Å². The molecule has 31 heavy (non-hydrogen) atoms. The van der Waals surface area contributed by atoms with Crippen molar-refractivity contribution in [3.05, 3.63) is 59.2 Å². The molecule has 11 heteroatoms. The number of benzene rings is 1. The second kappa shape index (κ2) is 7.91. The second-order valence-corrected chi connectivity index (χ2v) is 10.4. The molecule has 0 spiro atoms. The maximum Gasteiger partial charge on any atom is 0.322 e. The summed E-state index contributed by atoms with van der Waals surface area (Å²) in [6.45, 7) is 3.32. The lowest BCUT2D eigenvalue weighted by atomic mass is 10.1. The summed E-state index contributed by atoms with van der Waals surface area (Å²) in [6, 6.07) is 8.89. The monoisotopic (exact) mass is 460 g/mol. The van der Waals surface area contributed by atoms with E-state index in [1.807, 2.05) is 0 Å². The standard InChI is InChI=1S/C20H20N4O5S2/c1-12(2)18(20(26)27)24-11-15-16(31(24,28)29)10-17(30-15)22-19(25)13-4-6-14(7-5-13)23-9-3-8-21-23/h3-10,12,18H,11H2,1-2H3,(H,22,25)(H,26,27). The number of amides is 1. The van der Waals surface area contributed by atoms with E-state index >= 15 is 0 Å². The van der Waals surface area contributed by atoms with Gasteiger partial charge in [-0.15, -0.1) is 11.3 Å². The number of rotatable bonds is 6. The number of fused-ring (bicyclic) bond motifs is 1. The molecule has 3 aromatic rings. The fourth-order valence-corrected chi connectivity index (χ4v) is 6.86. The molecule has 0 bridgehead atoms. The van der Waals surface area contributed by atoms with Crippen LogP contribution in [0.2, 0.25) is 0 Å². The molecule has 0 saturated carbocycles. The molecule has 9 nitrogen and oxygen atoms in total. The van der Waals surface area contributed by atoms with Gasteiger partial charge in [0.2, 0.25) is 10.0 Å². The Morgan fingerprint density at radius 3 is 2.48 bits per heavy atom. The van der Waals surface area contributed by atoms with E-state index in [-0.39, 0.29) is 23.3 Å². The summed E-state index contributed by atoms with van der Waals surface area (Å²) in [5.74, 6) is -1.93. The Balaban J connectivity index is 1.51. The minimum atomic E-state index is -3.94. The number of nitrogens with zero attached hydrogens (tertiary/aromatic N) is 3. The Hall–Kier alpha value is -3.02. The SMILES string of the molecule is CC(C)C(C(=O)O)N1Cc2sc(NC(=O)c3ccc(-n4cccn4)cc3)cc2S1(=O)=O. The molecule has 1 atom stereocenters. The van der Waals surface area contributed by atoms with Crippen LogP contribution in [0.5, 0.6) is 0 Å². The summed E-state index contributed by atoms with van der Waals surface area (Å²) < 4.78 is 28.5. The lowest BCUT2D eigenvalue weighted by molar-refractivity contribution is -0.143. The van der Waals surface area contributed by atoms with Crippen LogP contribution in [0.25, 0.3) is 5.69 Å². The maximum atomic E-state index is 12.9. The minimum absolute atomic E-state index is 0.0219. The number of anilines is 1. The van der Waals surface area contributed by atoms with Gasteiger partial charge in [0.1, 0.15) is 6.04 Å². The van der Waals surface area contributed by atoms with Crippen LogP contribution < -0.4 is 5.32 Å². The lowest BCUT2D eigenvalue weighted by Gasteiger charge is -2.25. The van der Waals surface area contributed by atoms with Crippen molar-refractivity contribution in [1.82, 2.24) is 14.1 Å². The highest BCUT2D eigenvalue weighted by Crippen LogP contribution is 2.41. The third kappa shape index (κ3) is 3.87. The Morgan fingerprint density at radius 1 is 1.23 bits per heavy atom. The second-order valence-electron chi connectivity index (χ2n) is 7.43. The van der Waals surface area contributed by atoms with Crippen LogP contribution in [0.4, 0.5) is 5.00 Å². The molecule has 2 aromatic heterocycles. The first kappa shape index (κ1) is 21.2. The Morgan fingerprint density at radius 2 is 1.94 bits per heavy atom. The number of aromatic nitrogens is 2. The first-order chi connectivity index (χ1) is 14.7. The smallest absolute Gasteiger partial charge is 0.322 e. The highest BCUT2D eigenvalue weighted by atomic mass is 32.2. The number of hydrogen-bond donors (Lipinski definition) is 2. The number of nitrogens with one attached hydrogen (secondary N) is 1. The van der Waals surface area contributed by atoms with Gasteiger partial charge in [0.05, 0.1) is 22.1 Å². The third-order valence-electron chi connectivity index (χ3n) is 4.99. The largest absolute Gasteiger partial charge is 0.480 e. The van der Waals surface area contributed by atoms with E-state index in [2.05, 4.69) is 10.4 Å². The minimum Gasteiger partial charge on any atom is -0.480 e. The van der Waals surface area contributed by atoms with Gasteiger partial charge in [0.15, 0.2) is 0 Å². The molecule has 1 unspecified atom stereocenters. The lowest BCUT2D eigenvalue weighted by Crippen LogP contribution is -2.44. The van der Waals surface area contributed by atoms with E-state index in [0.717, 1.165) is 21.3 Å². The van der Waals surface area contributed by atoms with Crippen LogP contribution >= 0.6 is 11.3 Å². The van der Waals surface area contributed by atoms with Crippen LogP contribution in [0.15, 0.2) is 53.7 Å². The van der Waals surface area contributed by atoms with Crippen molar-refractivity contribution in [2.45, 2.75) is 31.3 Å². The average Bonchev–Trinajstić information content (AvgIpc) is 3.41. The predicted octanol–water partition coefficient (Wildman–Crippen LogP) is 2.80. The fourth-order valence-electron chi connectivity index (χ4n) is 3.51. The first-order valence-corrected chi connectivity index (χ1v) is 11.7. The number of thiophene rings is 1. The maximum absolute atomic E-state index is 12.9. The molecular formula is C20H20N4O5S2. The molecule has 0 fully saturated rings. The van der Waals surface area contributed by atoms with Gasteiger partial charge >= 0.3 is 5.97 Å². The zero-order chi connectivity index (χ0) is 22.3. The van der Waals surface area contributed by atoms with Gasteiger partial charge in [-0.2, -0.15) is 9.40 Å². The van der Waals surface area contributed by atoms with Crippen LogP contribution in [0.3, 0.4) is 0 Å². The summed E-state index contributed by atoms with van der Waals surface area (Å²) in [7, 11) is -3.94. The molecule has 1 amide bonds. The molecule has 2 N–H and O–H groups in total. The number of carbonyl (C=O) groups excluding carboxylic acids is 1. The number of carboxylic acid groups (broad SMARTS) is 1. The summed E-state index contributed by atoms with van der Waals surface area (Å²) in [4.78, 5) is 24.7. The summed E-state index contributed by atoms with van der Waals surface area (Å²) in [5, 5.41) is 16.7. The Kier molecular flexibility index (Phi) is 5.42. The molecule has 1 aliphatic heterocycles. The van der Waals surface area contributed by atoms with Gasteiger partial charge in [-0.25, -0.2) is 13.1 Å². The number of carboxylic acids is 1. The third-order valence-corrected chi connectivity index (χ3v) is 8.04.